The van der Waals surface area contributed by atoms with Crippen LogP contribution < -0.4 is 16.8 Å². The third kappa shape index (κ3) is 2.75. The quantitative estimate of drug-likeness (QED) is 0.754. The number of carbonyl (C=O) groups is 1. The molecule has 0 aliphatic carbocycles. The predicted octanol–water partition coefficient (Wildman–Crippen LogP) is 2.69. The minimum absolute atomic E-state index is 0.302. The smallest absolute Gasteiger partial charge is 0.250 e. The molecule has 6 heteroatoms. The first-order valence-electron chi connectivity index (χ1n) is 5.23. The van der Waals surface area contributed by atoms with E-state index in [1.54, 1.807) is 17.4 Å². The third-order valence-corrected chi connectivity index (χ3v) is 3.57. The van der Waals surface area contributed by atoms with Gasteiger partial charge in [0.25, 0.3) is 5.91 Å². The highest BCUT2D eigenvalue weighted by molar-refractivity contribution is 7.09. The zero-order valence-corrected chi connectivity index (χ0v) is 11.0. The van der Waals surface area contributed by atoms with E-state index in [1.165, 1.54) is 6.07 Å². The average Bonchev–Trinajstić information content (AvgIpc) is 2.79. The van der Waals surface area contributed by atoms with Gasteiger partial charge in [0.2, 0.25) is 0 Å². The van der Waals surface area contributed by atoms with E-state index in [-0.39, 0.29) is 0 Å². The largest absolute Gasteiger partial charge is 0.399 e. The van der Waals surface area contributed by atoms with E-state index in [0.29, 0.717) is 28.5 Å². The maximum atomic E-state index is 11.4. The Hall–Kier alpha value is -1.72. The van der Waals surface area contributed by atoms with Crippen molar-refractivity contribution in [3.63, 3.8) is 0 Å². The molecule has 2 aromatic rings. The molecule has 2 rings (SSSR count). The van der Waals surface area contributed by atoms with Gasteiger partial charge in [0.15, 0.2) is 0 Å². The second-order valence-electron chi connectivity index (χ2n) is 3.72. The SMILES string of the molecule is NC(=O)c1cc(N)cc(Cl)c1NCc1cccs1. The number of anilines is 2. The number of carbonyl (C=O) groups excluding carboxylic acids is 1. The molecule has 1 aromatic heterocycles. The fourth-order valence-electron chi connectivity index (χ4n) is 1.59. The molecule has 0 unspecified atom stereocenters. The summed E-state index contributed by atoms with van der Waals surface area (Å²) in [6.07, 6.45) is 0. The number of halogens is 1. The normalized spacial score (nSPS) is 10.3. The fraction of sp³-hybridized carbons (Fsp3) is 0.0833. The Labute approximate surface area is 114 Å². The van der Waals surface area contributed by atoms with Crippen LogP contribution in [0.1, 0.15) is 15.2 Å². The van der Waals surface area contributed by atoms with E-state index in [0.717, 1.165) is 4.88 Å². The number of nitrogen functional groups attached to an aromatic ring is 1. The van der Waals surface area contributed by atoms with Gasteiger partial charge in [-0.05, 0) is 23.6 Å². The summed E-state index contributed by atoms with van der Waals surface area (Å²) in [5.41, 5.74) is 12.2. The Morgan fingerprint density at radius 3 is 2.83 bits per heavy atom. The second kappa shape index (κ2) is 5.29. The monoisotopic (exact) mass is 281 g/mol. The number of hydrogen-bond donors (Lipinski definition) is 3. The van der Waals surface area contributed by atoms with Crippen LogP contribution in [0.3, 0.4) is 0 Å². The van der Waals surface area contributed by atoms with Crippen molar-refractivity contribution < 1.29 is 4.79 Å². The van der Waals surface area contributed by atoms with Gasteiger partial charge in [-0.1, -0.05) is 17.7 Å². The van der Waals surface area contributed by atoms with Crippen LogP contribution in [-0.2, 0) is 6.54 Å². The molecule has 0 fully saturated rings. The van der Waals surface area contributed by atoms with Gasteiger partial charge in [0.1, 0.15) is 0 Å². The Balaban J connectivity index is 2.28. The molecule has 0 spiro atoms. The molecule has 1 aromatic carbocycles. The van der Waals surface area contributed by atoms with Crippen LogP contribution in [0.5, 0.6) is 0 Å². The number of amides is 1. The zero-order chi connectivity index (χ0) is 13.1. The molecule has 4 nitrogen and oxygen atoms in total. The van der Waals surface area contributed by atoms with Crippen LogP contribution in [0.25, 0.3) is 0 Å². The summed E-state index contributed by atoms with van der Waals surface area (Å²) in [6.45, 7) is 0.585. The molecule has 1 heterocycles. The summed E-state index contributed by atoms with van der Waals surface area (Å²) in [6, 6.07) is 7.06. The highest BCUT2D eigenvalue weighted by Crippen LogP contribution is 2.29. The van der Waals surface area contributed by atoms with Crippen molar-refractivity contribution in [2.45, 2.75) is 6.54 Å². The van der Waals surface area contributed by atoms with E-state index >= 15 is 0 Å². The minimum Gasteiger partial charge on any atom is -0.399 e. The molecule has 0 aliphatic heterocycles. The van der Waals surface area contributed by atoms with E-state index < -0.39 is 5.91 Å². The summed E-state index contributed by atoms with van der Waals surface area (Å²) in [5, 5.41) is 5.49. The van der Waals surface area contributed by atoms with Gasteiger partial charge >= 0.3 is 0 Å². The van der Waals surface area contributed by atoms with Gasteiger partial charge in [-0.15, -0.1) is 11.3 Å². The lowest BCUT2D eigenvalue weighted by atomic mass is 10.1. The molecule has 1 amide bonds. The van der Waals surface area contributed by atoms with Gasteiger partial charge in [0, 0.05) is 17.1 Å². The van der Waals surface area contributed by atoms with Gasteiger partial charge < -0.3 is 16.8 Å². The van der Waals surface area contributed by atoms with Crippen LogP contribution in [0, 0.1) is 0 Å². The second-order valence-corrected chi connectivity index (χ2v) is 5.16. The molecule has 5 N–H and O–H groups in total. The van der Waals surface area contributed by atoms with E-state index in [9.17, 15) is 4.79 Å². The Morgan fingerprint density at radius 1 is 1.44 bits per heavy atom. The first kappa shape index (κ1) is 12.7. The molecular formula is C12H12ClN3OS. The first-order valence-corrected chi connectivity index (χ1v) is 6.49. The van der Waals surface area contributed by atoms with Crippen molar-refractivity contribution in [2.75, 3.05) is 11.1 Å². The van der Waals surface area contributed by atoms with Crippen molar-refractivity contribution in [2.24, 2.45) is 5.73 Å². The molecular weight excluding hydrogens is 270 g/mol. The summed E-state index contributed by atoms with van der Waals surface area (Å²) in [5.74, 6) is -0.558. The van der Waals surface area contributed by atoms with Crippen LogP contribution >= 0.6 is 22.9 Å². The number of benzene rings is 1. The molecule has 94 valence electrons. The number of rotatable bonds is 4. The zero-order valence-electron chi connectivity index (χ0n) is 9.44. The summed E-state index contributed by atoms with van der Waals surface area (Å²) in [4.78, 5) is 12.5. The highest BCUT2D eigenvalue weighted by atomic mass is 35.5. The maximum absolute atomic E-state index is 11.4. The van der Waals surface area contributed by atoms with Gasteiger partial charge in [0.05, 0.1) is 16.3 Å². The van der Waals surface area contributed by atoms with Gasteiger partial charge in [-0.3, -0.25) is 4.79 Å². The topological polar surface area (TPSA) is 81.1 Å². The van der Waals surface area contributed by atoms with Crippen molar-refractivity contribution in [3.8, 4) is 0 Å². The van der Waals surface area contributed by atoms with Crippen molar-refractivity contribution in [1.29, 1.82) is 0 Å². The standard InChI is InChI=1S/C12H12ClN3OS/c13-10-5-7(14)4-9(12(15)17)11(10)16-6-8-2-1-3-18-8/h1-5,16H,6,14H2,(H2,15,17). The fourth-order valence-corrected chi connectivity index (χ4v) is 2.53. The lowest BCUT2D eigenvalue weighted by molar-refractivity contribution is 0.100. The van der Waals surface area contributed by atoms with E-state index in [4.69, 9.17) is 23.1 Å². The average molecular weight is 282 g/mol. The Bertz CT molecular complexity index is 569. The molecule has 0 saturated carbocycles. The Morgan fingerprint density at radius 2 is 2.22 bits per heavy atom. The molecule has 0 radical (unpaired) electrons. The van der Waals surface area contributed by atoms with Crippen LogP contribution in [0.2, 0.25) is 5.02 Å². The molecule has 0 bridgehead atoms. The van der Waals surface area contributed by atoms with E-state index in [2.05, 4.69) is 5.32 Å². The minimum atomic E-state index is -0.558. The lowest BCUT2D eigenvalue weighted by Crippen LogP contribution is -2.15. The molecule has 0 aliphatic rings. The van der Waals surface area contributed by atoms with E-state index in [1.807, 2.05) is 17.5 Å². The molecule has 0 atom stereocenters. The third-order valence-electron chi connectivity index (χ3n) is 2.40. The van der Waals surface area contributed by atoms with Gasteiger partial charge in [-0.2, -0.15) is 0 Å². The predicted molar refractivity (Wildman–Crippen MR) is 76.0 cm³/mol. The van der Waals surface area contributed by atoms with Crippen molar-refractivity contribution in [3.05, 3.63) is 45.1 Å². The number of hydrogen-bond acceptors (Lipinski definition) is 4. The van der Waals surface area contributed by atoms with Gasteiger partial charge in [-0.25, -0.2) is 0 Å². The highest BCUT2D eigenvalue weighted by Gasteiger charge is 2.13. The number of primary amides is 1. The molecule has 18 heavy (non-hydrogen) atoms. The number of thiophene rings is 1. The lowest BCUT2D eigenvalue weighted by Gasteiger charge is -2.12. The number of nitrogens with one attached hydrogen (secondary N) is 1. The Kier molecular flexibility index (Phi) is 3.74. The number of nitrogens with two attached hydrogens (primary N) is 2. The summed E-state index contributed by atoms with van der Waals surface area (Å²) < 4.78 is 0. The maximum Gasteiger partial charge on any atom is 0.250 e. The molecule has 0 saturated heterocycles. The summed E-state index contributed by atoms with van der Waals surface area (Å²) >= 11 is 7.69. The van der Waals surface area contributed by atoms with Crippen molar-refractivity contribution >= 4 is 40.2 Å². The van der Waals surface area contributed by atoms with Crippen LogP contribution in [0.4, 0.5) is 11.4 Å². The summed E-state index contributed by atoms with van der Waals surface area (Å²) in [7, 11) is 0. The van der Waals surface area contributed by atoms with Crippen LogP contribution in [0.15, 0.2) is 29.6 Å². The van der Waals surface area contributed by atoms with Crippen LogP contribution in [-0.4, -0.2) is 5.91 Å². The van der Waals surface area contributed by atoms with Crippen molar-refractivity contribution in [1.82, 2.24) is 0 Å². The first-order chi connectivity index (χ1) is 8.58.